The Balaban J connectivity index is 2.18. The Morgan fingerprint density at radius 3 is 2.36 bits per heavy atom. The van der Waals surface area contributed by atoms with Gasteiger partial charge in [0.25, 0.3) is 5.91 Å². The van der Waals surface area contributed by atoms with Crippen LogP contribution in [0.1, 0.15) is 44.4 Å². The highest BCUT2D eigenvalue weighted by molar-refractivity contribution is 5.97. The molecule has 4 heteroatoms. The van der Waals surface area contributed by atoms with Gasteiger partial charge in [0.1, 0.15) is 6.04 Å². The molecule has 0 spiro atoms. The van der Waals surface area contributed by atoms with E-state index >= 15 is 0 Å². The number of benzene rings is 2. The van der Waals surface area contributed by atoms with E-state index in [1.54, 1.807) is 0 Å². The highest BCUT2D eigenvalue weighted by atomic mass is 16.2. The smallest absolute Gasteiger partial charge is 0.251 e. The van der Waals surface area contributed by atoms with Crippen LogP contribution >= 0.6 is 0 Å². The molecule has 0 aliphatic heterocycles. The van der Waals surface area contributed by atoms with E-state index in [1.165, 1.54) is 0 Å². The summed E-state index contributed by atoms with van der Waals surface area (Å²) < 4.78 is 0. The Kier molecular flexibility index (Phi) is 6.75. The number of hydrogen-bond donors (Lipinski definition) is 2. The number of nitrogens with one attached hydrogen (secondary N) is 2. The molecule has 1 atom stereocenters. The molecule has 0 aliphatic rings. The van der Waals surface area contributed by atoms with Gasteiger partial charge in [0, 0.05) is 12.1 Å². The lowest BCUT2D eigenvalue weighted by molar-refractivity contribution is -0.127. The standard InChI is InChI=1S/C21H26N2O2/c1-4-16-9-8-12-18(14-16)22-21(25)20(17-10-6-5-7-11-17)23-19(24)13-15(2)3/h5-12,14-15,20H,4,13H2,1-3H3,(H,22,25)(H,23,24). The van der Waals surface area contributed by atoms with Gasteiger partial charge in [-0.25, -0.2) is 0 Å². The molecular formula is C21H26N2O2. The van der Waals surface area contributed by atoms with Crippen molar-refractivity contribution in [2.24, 2.45) is 5.92 Å². The lowest BCUT2D eigenvalue weighted by Crippen LogP contribution is -2.37. The molecule has 0 radical (unpaired) electrons. The fourth-order valence-corrected chi connectivity index (χ4v) is 2.62. The van der Waals surface area contributed by atoms with Gasteiger partial charge in [-0.3, -0.25) is 9.59 Å². The molecule has 0 heterocycles. The first-order valence-corrected chi connectivity index (χ1v) is 8.73. The molecule has 2 aromatic carbocycles. The predicted octanol–water partition coefficient (Wildman–Crippen LogP) is 4.09. The maximum Gasteiger partial charge on any atom is 0.251 e. The predicted molar refractivity (Wildman–Crippen MR) is 101 cm³/mol. The van der Waals surface area contributed by atoms with E-state index in [2.05, 4.69) is 17.6 Å². The summed E-state index contributed by atoms with van der Waals surface area (Å²) >= 11 is 0. The molecule has 2 N–H and O–H groups in total. The first-order valence-electron chi connectivity index (χ1n) is 8.73. The highest BCUT2D eigenvalue weighted by Crippen LogP contribution is 2.18. The molecule has 0 fully saturated rings. The molecule has 2 amide bonds. The van der Waals surface area contributed by atoms with Gasteiger partial charge in [0.15, 0.2) is 0 Å². The van der Waals surface area contributed by atoms with E-state index < -0.39 is 6.04 Å². The summed E-state index contributed by atoms with van der Waals surface area (Å²) in [6.07, 6.45) is 1.29. The van der Waals surface area contributed by atoms with Crippen LogP contribution in [-0.2, 0) is 16.0 Å². The quantitative estimate of drug-likeness (QED) is 0.799. The number of amides is 2. The average molecular weight is 338 g/mol. The van der Waals surface area contributed by atoms with Gasteiger partial charge in [-0.1, -0.05) is 63.2 Å². The summed E-state index contributed by atoms with van der Waals surface area (Å²) in [6, 6.07) is 16.4. The second kappa shape index (κ2) is 9.02. The minimum atomic E-state index is -0.710. The third kappa shape index (κ3) is 5.75. The van der Waals surface area contributed by atoms with E-state index in [1.807, 2.05) is 68.4 Å². The molecule has 0 aromatic heterocycles. The van der Waals surface area contributed by atoms with Crippen LogP contribution in [0.15, 0.2) is 54.6 Å². The minimum Gasteiger partial charge on any atom is -0.341 e. The first-order chi connectivity index (χ1) is 12.0. The van der Waals surface area contributed by atoms with Crippen molar-refractivity contribution in [3.8, 4) is 0 Å². The summed E-state index contributed by atoms with van der Waals surface area (Å²) in [7, 11) is 0. The average Bonchev–Trinajstić information content (AvgIpc) is 2.60. The van der Waals surface area contributed by atoms with Gasteiger partial charge in [0.2, 0.25) is 5.91 Å². The summed E-state index contributed by atoms with van der Waals surface area (Å²) in [5.74, 6) is -0.126. The van der Waals surface area contributed by atoms with Crippen LogP contribution in [0.25, 0.3) is 0 Å². The zero-order valence-corrected chi connectivity index (χ0v) is 15.1. The molecule has 1 unspecified atom stereocenters. The van der Waals surface area contributed by atoms with E-state index in [0.717, 1.165) is 23.2 Å². The molecule has 4 nitrogen and oxygen atoms in total. The Morgan fingerprint density at radius 2 is 1.72 bits per heavy atom. The Morgan fingerprint density at radius 1 is 1.00 bits per heavy atom. The van der Waals surface area contributed by atoms with Gasteiger partial charge in [0.05, 0.1) is 0 Å². The molecule has 132 valence electrons. The number of aryl methyl sites for hydroxylation is 1. The molecule has 0 saturated carbocycles. The number of rotatable bonds is 7. The first kappa shape index (κ1) is 18.7. The summed E-state index contributed by atoms with van der Waals surface area (Å²) in [6.45, 7) is 6.03. The minimum absolute atomic E-state index is 0.124. The number of carbonyl (C=O) groups is 2. The van der Waals surface area contributed by atoms with Crippen molar-refractivity contribution in [1.82, 2.24) is 5.32 Å². The lowest BCUT2D eigenvalue weighted by Gasteiger charge is -2.20. The van der Waals surface area contributed by atoms with E-state index in [4.69, 9.17) is 0 Å². The molecule has 2 aromatic rings. The Bertz CT molecular complexity index is 711. The van der Waals surface area contributed by atoms with Crippen molar-refractivity contribution in [3.05, 3.63) is 65.7 Å². The van der Waals surface area contributed by atoms with Crippen molar-refractivity contribution in [2.75, 3.05) is 5.32 Å². The van der Waals surface area contributed by atoms with Crippen LogP contribution < -0.4 is 10.6 Å². The molecule has 2 rings (SSSR count). The van der Waals surface area contributed by atoms with Crippen LogP contribution in [0, 0.1) is 5.92 Å². The fraction of sp³-hybridized carbons (Fsp3) is 0.333. The lowest BCUT2D eigenvalue weighted by atomic mass is 10.0. The topological polar surface area (TPSA) is 58.2 Å². The molecular weight excluding hydrogens is 312 g/mol. The van der Waals surface area contributed by atoms with Crippen LogP contribution in [0.4, 0.5) is 5.69 Å². The van der Waals surface area contributed by atoms with Crippen LogP contribution in [0.2, 0.25) is 0 Å². The SMILES string of the molecule is CCc1cccc(NC(=O)C(NC(=O)CC(C)C)c2ccccc2)c1. The van der Waals surface area contributed by atoms with Crippen molar-refractivity contribution < 1.29 is 9.59 Å². The van der Waals surface area contributed by atoms with E-state index in [9.17, 15) is 9.59 Å². The largest absolute Gasteiger partial charge is 0.341 e. The second-order valence-electron chi connectivity index (χ2n) is 6.55. The Hall–Kier alpha value is -2.62. The zero-order valence-electron chi connectivity index (χ0n) is 15.1. The van der Waals surface area contributed by atoms with E-state index in [-0.39, 0.29) is 17.7 Å². The van der Waals surface area contributed by atoms with Gasteiger partial charge in [-0.2, -0.15) is 0 Å². The van der Waals surface area contributed by atoms with Gasteiger partial charge >= 0.3 is 0 Å². The van der Waals surface area contributed by atoms with Crippen molar-refractivity contribution in [1.29, 1.82) is 0 Å². The van der Waals surface area contributed by atoms with Gasteiger partial charge in [-0.15, -0.1) is 0 Å². The van der Waals surface area contributed by atoms with E-state index in [0.29, 0.717) is 6.42 Å². The normalized spacial score (nSPS) is 11.8. The maximum absolute atomic E-state index is 12.8. The highest BCUT2D eigenvalue weighted by Gasteiger charge is 2.23. The number of anilines is 1. The van der Waals surface area contributed by atoms with Crippen molar-refractivity contribution >= 4 is 17.5 Å². The summed E-state index contributed by atoms with van der Waals surface area (Å²) in [5, 5.41) is 5.78. The maximum atomic E-state index is 12.8. The van der Waals surface area contributed by atoms with Crippen molar-refractivity contribution in [3.63, 3.8) is 0 Å². The summed E-state index contributed by atoms with van der Waals surface area (Å²) in [5.41, 5.74) is 2.66. The Labute approximate surface area is 149 Å². The van der Waals surface area contributed by atoms with Crippen molar-refractivity contribution in [2.45, 2.75) is 39.7 Å². The van der Waals surface area contributed by atoms with Crippen LogP contribution in [0.5, 0.6) is 0 Å². The molecule has 25 heavy (non-hydrogen) atoms. The van der Waals surface area contributed by atoms with Gasteiger partial charge < -0.3 is 10.6 Å². The fourth-order valence-electron chi connectivity index (χ4n) is 2.62. The number of carbonyl (C=O) groups excluding carboxylic acids is 2. The van der Waals surface area contributed by atoms with Crippen LogP contribution in [0.3, 0.4) is 0 Å². The van der Waals surface area contributed by atoms with Gasteiger partial charge in [-0.05, 0) is 35.6 Å². The zero-order chi connectivity index (χ0) is 18.2. The second-order valence-corrected chi connectivity index (χ2v) is 6.55. The third-order valence-corrected chi connectivity index (χ3v) is 3.90. The third-order valence-electron chi connectivity index (χ3n) is 3.90. The summed E-state index contributed by atoms with van der Waals surface area (Å²) in [4.78, 5) is 25.0. The molecule has 0 saturated heterocycles. The monoisotopic (exact) mass is 338 g/mol. The molecule has 0 bridgehead atoms. The van der Waals surface area contributed by atoms with Crippen LogP contribution in [-0.4, -0.2) is 11.8 Å². The number of hydrogen-bond acceptors (Lipinski definition) is 2. The molecule has 0 aliphatic carbocycles.